The molecule has 2 amide bonds. The van der Waals surface area contributed by atoms with E-state index < -0.39 is 0 Å². The molecule has 134 valence electrons. The summed E-state index contributed by atoms with van der Waals surface area (Å²) in [5.41, 5.74) is 3.57. The second-order valence-electron chi connectivity index (χ2n) is 6.46. The molecule has 0 saturated carbocycles. The number of benzene rings is 1. The molecule has 25 heavy (non-hydrogen) atoms. The number of carbonyl (C=O) groups excluding carboxylic acids is 1. The molecule has 1 heterocycles. The van der Waals surface area contributed by atoms with E-state index >= 15 is 0 Å². The Hall–Kier alpha value is -2.50. The van der Waals surface area contributed by atoms with Crippen LogP contribution < -0.4 is 15.4 Å². The largest absolute Gasteiger partial charge is 0.497 e. The molecule has 1 aromatic heterocycles. The molecular weight excluding hydrogens is 316 g/mol. The molecule has 3 rings (SSSR count). The molecule has 3 N–H and O–H groups in total. The number of aromatic amines is 1. The average Bonchev–Trinajstić information content (AvgIpc) is 3.12. The zero-order valence-corrected chi connectivity index (χ0v) is 14.7. The van der Waals surface area contributed by atoms with Crippen molar-refractivity contribution in [2.75, 3.05) is 13.7 Å². The highest BCUT2D eigenvalue weighted by Gasteiger charge is 2.23. The summed E-state index contributed by atoms with van der Waals surface area (Å²) in [4.78, 5) is 12.1. The topological polar surface area (TPSA) is 79.0 Å². The maximum absolute atomic E-state index is 12.1. The van der Waals surface area contributed by atoms with E-state index in [9.17, 15) is 4.79 Å². The third-order valence-corrected chi connectivity index (χ3v) is 4.68. The minimum atomic E-state index is -0.100. The van der Waals surface area contributed by atoms with Gasteiger partial charge in [-0.25, -0.2) is 4.79 Å². The van der Waals surface area contributed by atoms with Crippen molar-refractivity contribution in [2.45, 2.75) is 44.6 Å². The van der Waals surface area contributed by atoms with Crippen molar-refractivity contribution in [1.82, 2.24) is 20.8 Å². The molecule has 0 fully saturated rings. The number of rotatable bonds is 7. The van der Waals surface area contributed by atoms with Crippen molar-refractivity contribution >= 4 is 6.03 Å². The lowest BCUT2D eigenvalue weighted by Crippen LogP contribution is -2.39. The number of carbonyl (C=O) groups is 1. The standard InChI is InChI=1S/C19H26N4O2/c1-25-16-10-8-14(9-11-16)5-2-3-12-20-19(24)22-17-7-4-6-15-13-21-23-18(15)17/h8-11,13,17H,2-7,12H2,1H3,(H,21,23)(H2,20,22,24)/t17-/m1/s1. The fourth-order valence-corrected chi connectivity index (χ4v) is 3.26. The molecular formula is C19H26N4O2. The minimum Gasteiger partial charge on any atom is -0.497 e. The van der Waals surface area contributed by atoms with Gasteiger partial charge in [0.1, 0.15) is 5.75 Å². The van der Waals surface area contributed by atoms with Gasteiger partial charge in [-0.2, -0.15) is 5.10 Å². The Labute approximate surface area is 148 Å². The average molecular weight is 342 g/mol. The Morgan fingerprint density at radius 3 is 2.96 bits per heavy atom. The van der Waals surface area contributed by atoms with Gasteiger partial charge in [0, 0.05) is 6.54 Å². The number of H-pyrrole nitrogens is 1. The van der Waals surface area contributed by atoms with Crippen LogP contribution in [-0.4, -0.2) is 29.9 Å². The van der Waals surface area contributed by atoms with Crippen LogP contribution in [0.3, 0.4) is 0 Å². The maximum Gasteiger partial charge on any atom is 0.315 e. The van der Waals surface area contributed by atoms with Gasteiger partial charge >= 0.3 is 6.03 Å². The van der Waals surface area contributed by atoms with Crippen LogP contribution in [0.1, 0.15) is 48.5 Å². The summed E-state index contributed by atoms with van der Waals surface area (Å²) >= 11 is 0. The Balaban J connectivity index is 1.33. The summed E-state index contributed by atoms with van der Waals surface area (Å²) in [6.07, 6.45) is 7.95. The first kappa shape index (κ1) is 17.3. The molecule has 1 aromatic carbocycles. The predicted molar refractivity (Wildman–Crippen MR) is 96.7 cm³/mol. The maximum atomic E-state index is 12.1. The number of aromatic nitrogens is 2. The van der Waals surface area contributed by atoms with E-state index in [4.69, 9.17) is 4.74 Å². The van der Waals surface area contributed by atoms with Gasteiger partial charge < -0.3 is 15.4 Å². The van der Waals surface area contributed by atoms with Crippen LogP contribution in [0.4, 0.5) is 4.79 Å². The predicted octanol–water partition coefficient (Wildman–Crippen LogP) is 3.12. The van der Waals surface area contributed by atoms with Crippen LogP contribution in [0.2, 0.25) is 0 Å². The molecule has 1 aliphatic carbocycles. The van der Waals surface area contributed by atoms with Gasteiger partial charge in [-0.3, -0.25) is 5.10 Å². The van der Waals surface area contributed by atoms with Gasteiger partial charge in [-0.15, -0.1) is 0 Å². The van der Waals surface area contributed by atoms with E-state index in [0.717, 1.165) is 50.0 Å². The summed E-state index contributed by atoms with van der Waals surface area (Å²) in [5.74, 6) is 0.880. The van der Waals surface area contributed by atoms with Crippen LogP contribution in [0.5, 0.6) is 5.75 Å². The fraction of sp³-hybridized carbons (Fsp3) is 0.474. The Morgan fingerprint density at radius 2 is 2.16 bits per heavy atom. The highest BCUT2D eigenvalue weighted by Crippen LogP contribution is 2.27. The van der Waals surface area contributed by atoms with Crippen LogP contribution in [0.15, 0.2) is 30.5 Å². The van der Waals surface area contributed by atoms with E-state index in [2.05, 4.69) is 33.0 Å². The fourth-order valence-electron chi connectivity index (χ4n) is 3.26. The van der Waals surface area contributed by atoms with E-state index in [0.29, 0.717) is 6.54 Å². The number of ether oxygens (including phenoxy) is 1. The van der Waals surface area contributed by atoms with E-state index in [1.807, 2.05) is 18.3 Å². The van der Waals surface area contributed by atoms with Gasteiger partial charge in [-0.05, 0) is 61.8 Å². The summed E-state index contributed by atoms with van der Waals surface area (Å²) < 4.78 is 5.16. The van der Waals surface area contributed by atoms with Crippen LogP contribution in [-0.2, 0) is 12.8 Å². The number of unbranched alkanes of at least 4 members (excludes halogenated alkanes) is 1. The van der Waals surface area contributed by atoms with Crippen molar-refractivity contribution in [3.8, 4) is 5.75 Å². The van der Waals surface area contributed by atoms with Gasteiger partial charge in [0.15, 0.2) is 0 Å². The third-order valence-electron chi connectivity index (χ3n) is 4.68. The molecule has 0 bridgehead atoms. The second kappa shape index (κ2) is 8.55. The first-order valence-corrected chi connectivity index (χ1v) is 8.95. The number of methoxy groups -OCH3 is 1. The summed E-state index contributed by atoms with van der Waals surface area (Å²) in [6.45, 7) is 0.685. The Bertz CT molecular complexity index is 681. The number of hydrogen-bond acceptors (Lipinski definition) is 3. The van der Waals surface area contributed by atoms with Crippen molar-refractivity contribution < 1.29 is 9.53 Å². The number of nitrogens with zero attached hydrogens (tertiary/aromatic N) is 1. The van der Waals surface area contributed by atoms with Gasteiger partial charge in [0.05, 0.1) is 25.0 Å². The lowest BCUT2D eigenvalue weighted by Gasteiger charge is -2.23. The van der Waals surface area contributed by atoms with Crippen molar-refractivity contribution in [3.05, 3.63) is 47.3 Å². The molecule has 6 nitrogen and oxygen atoms in total. The Kier molecular flexibility index (Phi) is 5.93. The highest BCUT2D eigenvalue weighted by molar-refractivity contribution is 5.74. The summed E-state index contributed by atoms with van der Waals surface area (Å²) in [5, 5.41) is 13.1. The molecule has 6 heteroatoms. The smallest absolute Gasteiger partial charge is 0.315 e. The van der Waals surface area contributed by atoms with Gasteiger partial charge in [0.2, 0.25) is 0 Å². The number of hydrogen-bond donors (Lipinski definition) is 3. The van der Waals surface area contributed by atoms with Crippen molar-refractivity contribution in [1.29, 1.82) is 0 Å². The second-order valence-corrected chi connectivity index (χ2v) is 6.46. The van der Waals surface area contributed by atoms with E-state index in [1.165, 1.54) is 11.1 Å². The van der Waals surface area contributed by atoms with E-state index in [-0.39, 0.29) is 12.1 Å². The van der Waals surface area contributed by atoms with Crippen LogP contribution in [0, 0.1) is 0 Å². The normalized spacial score (nSPS) is 16.1. The van der Waals surface area contributed by atoms with Gasteiger partial charge in [0.25, 0.3) is 0 Å². The van der Waals surface area contributed by atoms with Crippen molar-refractivity contribution in [3.63, 3.8) is 0 Å². The molecule has 0 saturated heterocycles. The first-order chi connectivity index (χ1) is 12.3. The van der Waals surface area contributed by atoms with Crippen LogP contribution in [0.25, 0.3) is 0 Å². The number of nitrogens with one attached hydrogen (secondary N) is 3. The quantitative estimate of drug-likeness (QED) is 0.677. The lowest BCUT2D eigenvalue weighted by molar-refractivity contribution is 0.235. The SMILES string of the molecule is COc1ccc(CCCCNC(=O)N[C@@H]2CCCc3cn[nH]c32)cc1. The number of amides is 2. The summed E-state index contributed by atoms with van der Waals surface area (Å²) in [7, 11) is 1.67. The number of urea groups is 1. The molecule has 0 radical (unpaired) electrons. The Morgan fingerprint density at radius 1 is 1.32 bits per heavy atom. The number of aryl methyl sites for hydroxylation is 2. The lowest BCUT2D eigenvalue weighted by atomic mass is 9.94. The highest BCUT2D eigenvalue weighted by atomic mass is 16.5. The monoisotopic (exact) mass is 342 g/mol. The minimum absolute atomic E-state index is 0.0468. The summed E-state index contributed by atoms with van der Waals surface area (Å²) in [6, 6.07) is 8.08. The molecule has 0 spiro atoms. The zero-order chi connectivity index (χ0) is 17.5. The third kappa shape index (κ3) is 4.75. The van der Waals surface area contributed by atoms with Gasteiger partial charge in [-0.1, -0.05) is 12.1 Å². The molecule has 1 aliphatic rings. The van der Waals surface area contributed by atoms with E-state index in [1.54, 1.807) is 7.11 Å². The van der Waals surface area contributed by atoms with Crippen LogP contribution >= 0.6 is 0 Å². The molecule has 0 unspecified atom stereocenters. The van der Waals surface area contributed by atoms with Crippen molar-refractivity contribution in [2.24, 2.45) is 0 Å². The zero-order valence-electron chi connectivity index (χ0n) is 14.7. The molecule has 1 atom stereocenters. The first-order valence-electron chi connectivity index (χ1n) is 8.95. The molecule has 2 aromatic rings. The molecule has 0 aliphatic heterocycles. The number of fused-ring (bicyclic) bond motifs is 1.